The molecule has 0 spiro atoms. The molecule has 1 aliphatic heterocycles. The zero-order valence-electron chi connectivity index (χ0n) is 9.92. The minimum Gasteiger partial charge on any atom is -0.409 e. The first-order valence-corrected chi connectivity index (χ1v) is 6.06. The van der Waals surface area contributed by atoms with Gasteiger partial charge in [0.15, 0.2) is 5.84 Å². The molecule has 1 heterocycles. The lowest BCUT2D eigenvalue weighted by Crippen LogP contribution is -2.47. The molecule has 1 aromatic rings. The van der Waals surface area contributed by atoms with Crippen LogP contribution >= 0.6 is 0 Å². The summed E-state index contributed by atoms with van der Waals surface area (Å²) < 4.78 is 0. The third kappa shape index (κ3) is 2.97. The van der Waals surface area contributed by atoms with Crippen LogP contribution in [0.4, 0.5) is 0 Å². The molecule has 1 aromatic carbocycles. The lowest BCUT2D eigenvalue weighted by molar-refractivity contribution is 0.178. The highest BCUT2D eigenvalue weighted by atomic mass is 16.4. The molecular weight excluding hydrogens is 214 g/mol. The molecule has 0 bridgehead atoms. The zero-order chi connectivity index (χ0) is 12.1. The number of oxime groups is 1. The summed E-state index contributed by atoms with van der Waals surface area (Å²) in [5.41, 5.74) is 7.02. The summed E-state index contributed by atoms with van der Waals surface area (Å²) >= 11 is 0. The fourth-order valence-electron chi connectivity index (χ4n) is 2.40. The van der Waals surface area contributed by atoms with E-state index in [-0.39, 0.29) is 6.04 Å². The maximum Gasteiger partial charge on any atom is 0.156 e. The Bertz CT molecular complexity index is 378. The monoisotopic (exact) mass is 233 g/mol. The molecule has 1 fully saturated rings. The number of likely N-dealkylation sites (tertiary alicyclic amines) is 1. The SMILES string of the molecule is NC(=NO)C1CCCCN1Cc1ccccc1. The van der Waals surface area contributed by atoms with Gasteiger partial charge in [-0.05, 0) is 24.9 Å². The van der Waals surface area contributed by atoms with E-state index in [4.69, 9.17) is 10.9 Å². The van der Waals surface area contributed by atoms with Crippen molar-refractivity contribution < 1.29 is 5.21 Å². The van der Waals surface area contributed by atoms with E-state index in [1.54, 1.807) is 0 Å². The molecule has 0 aromatic heterocycles. The maximum absolute atomic E-state index is 8.81. The van der Waals surface area contributed by atoms with Crippen molar-refractivity contribution in [3.8, 4) is 0 Å². The molecule has 17 heavy (non-hydrogen) atoms. The van der Waals surface area contributed by atoms with Gasteiger partial charge in [0.25, 0.3) is 0 Å². The molecule has 4 heteroatoms. The molecule has 1 aliphatic rings. The predicted octanol–water partition coefficient (Wildman–Crippen LogP) is 1.79. The van der Waals surface area contributed by atoms with E-state index in [1.165, 1.54) is 12.0 Å². The number of benzene rings is 1. The summed E-state index contributed by atoms with van der Waals surface area (Å²) in [7, 11) is 0. The van der Waals surface area contributed by atoms with Gasteiger partial charge in [0.2, 0.25) is 0 Å². The number of hydrogen-bond acceptors (Lipinski definition) is 3. The Labute approximate surface area is 102 Å². The van der Waals surface area contributed by atoms with Crippen LogP contribution in [-0.2, 0) is 6.54 Å². The average molecular weight is 233 g/mol. The van der Waals surface area contributed by atoms with Gasteiger partial charge in [-0.15, -0.1) is 0 Å². The Morgan fingerprint density at radius 2 is 2.12 bits per heavy atom. The number of amidine groups is 1. The topological polar surface area (TPSA) is 61.9 Å². The standard InChI is InChI=1S/C13H19N3O/c14-13(15-17)12-8-4-5-9-16(12)10-11-6-2-1-3-7-11/h1-3,6-7,12,17H,4-5,8-10H2,(H2,14,15). The second-order valence-electron chi connectivity index (χ2n) is 4.49. The fraction of sp³-hybridized carbons (Fsp3) is 0.462. The fourth-order valence-corrected chi connectivity index (χ4v) is 2.40. The van der Waals surface area contributed by atoms with Gasteiger partial charge in [0.1, 0.15) is 0 Å². The summed E-state index contributed by atoms with van der Waals surface area (Å²) in [6, 6.07) is 10.4. The van der Waals surface area contributed by atoms with Crippen LogP contribution in [0.15, 0.2) is 35.5 Å². The van der Waals surface area contributed by atoms with Crippen molar-refractivity contribution in [3.05, 3.63) is 35.9 Å². The molecule has 92 valence electrons. The van der Waals surface area contributed by atoms with Crippen molar-refractivity contribution in [2.45, 2.75) is 31.8 Å². The van der Waals surface area contributed by atoms with E-state index >= 15 is 0 Å². The summed E-state index contributed by atoms with van der Waals surface area (Å²) in [5.74, 6) is 0.334. The van der Waals surface area contributed by atoms with E-state index in [2.05, 4.69) is 22.2 Å². The van der Waals surface area contributed by atoms with E-state index in [1.807, 2.05) is 18.2 Å². The second kappa shape index (κ2) is 5.68. The Morgan fingerprint density at radius 1 is 1.35 bits per heavy atom. The number of nitrogens with zero attached hydrogens (tertiary/aromatic N) is 2. The van der Waals surface area contributed by atoms with E-state index < -0.39 is 0 Å². The van der Waals surface area contributed by atoms with Crippen LogP contribution in [0.5, 0.6) is 0 Å². The summed E-state index contributed by atoms with van der Waals surface area (Å²) in [5, 5.41) is 12.0. The van der Waals surface area contributed by atoms with Crippen LogP contribution < -0.4 is 5.73 Å². The van der Waals surface area contributed by atoms with Crippen LogP contribution in [-0.4, -0.2) is 28.5 Å². The number of nitrogens with two attached hydrogens (primary N) is 1. The smallest absolute Gasteiger partial charge is 0.156 e. The van der Waals surface area contributed by atoms with Crippen molar-refractivity contribution in [1.29, 1.82) is 0 Å². The lowest BCUT2D eigenvalue weighted by Gasteiger charge is -2.34. The highest BCUT2D eigenvalue weighted by molar-refractivity contribution is 5.85. The maximum atomic E-state index is 8.81. The molecule has 0 amide bonds. The minimum atomic E-state index is 0.0777. The van der Waals surface area contributed by atoms with E-state index in [0.29, 0.717) is 5.84 Å². The normalized spacial score (nSPS) is 22.6. The van der Waals surface area contributed by atoms with Gasteiger partial charge < -0.3 is 10.9 Å². The third-order valence-electron chi connectivity index (χ3n) is 3.30. The van der Waals surface area contributed by atoms with Gasteiger partial charge in [0.05, 0.1) is 6.04 Å². The second-order valence-corrected chi connectivity index (χ2v) is 4.49. The molecule has 0 radical (unpaired) electrons. The highest BCUT2D eigenvalue weighted by Crippen LogP contribution is 2.19. The van der Waals surface area contributed by atoms with Crippen molar-refractivity contribution in [2.75, 3.05) is 6.54 Å². The molecule has 1 saturated heterocycles. The first kappa shape index (κ1) is 11.9. The van der Waals surface area contributed by atoms with Crippen molar-refractivity contribution >= 4 is 5.84 Å². The molecule has 1 unspecified atom stereocenters. The Kier molecular flexibility index (Phi) is 3.98. The Hall–Kier alpha value is -1.55. The van der Waals surface area contributed by atoms with Gasteiger partial charge in [-0.2, -0.15) is 0 Å². The molecule has 2 rings (SSSR count). The van der Waals surface area contributed by atoms with E-state index in [0.717, 1.165) is 25.9 Å². The molecule has 0 saturated carbocycles. The van der Waals surface area contributed by atoms with Crippen LogP contribution in [0, 0.1) is 0 Å². The van der Waals surface area contributed by atoms with Crippen molar-refractivity contribution in [1.82, 2.24) is 4.90 Å². The third-order valence-corrected chi connectivity index (χ3v) is 3.30. The van der Waals surface area contributed by atoms with Gasteiger partial charge in [0, 0.05) is 6.54 Å². The first-order valence-electron chi connectivity index (χ1n) is 6.06. The van der Waals surface area contributed by atoms with Crippen molar-refractivity contribution in [3.63, 3.8) is 0 Å². The van der Waals surface area contributed by atoms with Gasteiger partial charge in [-0.1, -0.05) is 41.9 Å². The zero-order valence-corrected chi connectivity index (χ0v) is 9.92. The quantitative estimate of drug-likeness (QED) is 0.362. The Balaban J connectivity index is 2.07. The van der Waals surface area contributed by atoms with Gasteiger partial charge in [-0.3, -0.25) is 4.90 Å². The van der Waals surface area contributed by atoms with Gasteiger partial charge >= 0.3 is 0 Å². The van der Waals surface area contributed by atoms with Crippen LogP contribution in [0.3, 0.4) is 0 Å². The predicted molar refractivity (Wildman–Crippen MR) is 67.9 cm³/mol. The molecular formula is C13H19N3O. The van der Waals surface area contributed by atoms with E-state index in [9.17, 15) is 0 Å². The van der Waals surface area contributed by atoms with Crippen molar-refractivity contribution in [2.24, 2.45) is 10.9 Å². The molecule has 3 N–H and O–H groups in total. The average Bonchev–Trinajstić information content (AvgIpc) is 2.40. The lowest BCUT2D eigenvalue weighted by atomic mass is 10.0. The Morgan fingerprint density at radius 3 is 2.82 bits per heavy atom. The van der Waals surface area contributed by atoms with Crippen LogP contribution in [0.25, 0.3) is 0 Å². The number of rotatable bonds is 3. The highest BCUT2D eigenvalue weighted by Gasteiger charge is 2.25. The summed E-state index contributed by atoms with van der Waals surface area (Å²) in [6.07, 6.45) is 3.30. The summed E-state index contributed by atoms with van der Waals surface area (Å²) in [6.45, 7) is 1.87. The van der Waals surface area contributed by atoms with Gasteiger partial charge in [-0.25, -0.2) is 0 Å². The van der Waals surface area contributed by atoms with Crippen LogP contribution in [0.2, 0.25) is 0 Å². The minimum absolute atomic E-state index is 0.0777. The molecule has 0 aliphatic carbocycles. The largest absolute Gasteiger partial charge is 0.409 e. The molecule has 1 atom stereocenters. The number of hydrogen-bond donors (Lipinski definition) is 2. The first-order chi connectivity index (χ1) is 8.31. The number of piperidine rings is 1. The molecule has 4 nitrogen and oxygen atoms in total. The summed E-state index contributed by atoms with van der Waals surface area (Å²) in [4.78, 5) is 2.29. The van der Waals surface area contributed by atoms with Crippen LogP contribution in [0.1, 0.15) is 24.8 Å².